The molecule has 0 aliphatic rings. The van der Waals surface area contributed by atoms with Crippen LogP contribution in [0, 0.1) is 12.8 Å². The molecule has 4 aromatic rings. The summed E-state index contributed by atoms with van der Waals surface area (Å²) in [5.41, 5.74) is 8.71. The van der Waals surface area contributed by atoms with Crippen molar-refractivity contribution >= 4 is 38.8 Å². The predicted molar refractivity (Wildman–Crippen MR) is 122 cm³/mol. The second kappa shape index (κ2) is 7.79. The Labute approximate surface area is 177 Å². The lowest BCUT2D eigenvalue weighted by Crippen LogP contribution is -2.21. The normalized spacial score (nSPS) is 11.3. The topological polar surface area (TPSA) is 106 Å². The van der Waals surface area contributed by atoms with Gasteiger partial charge in [-0.25, -0.2) is 9.67 Å². The Morgan fingerprint density at radius 2 is 1.97 bits per heavy atom. The molecule has 0 bridgehead atoms. The number of aryl methyl sites for hydroxylation is 1. The van der Waals surface area contributed by atoms with E-state index in [1.165, 1.54) is 16.0 Å². The summed E-state index contributed by atoms with van der Waals surface area (Å²) < 4.78 is 1.40. The minimum atomic E-state index is -0.416. The number of amides is 1. The minimum Gasteiger partial charge on any atom is -0.397 e. The molecule has 4 rings (SSSR count). The van der Waals surface area contributed by atoms with Crippen LogP contribution in [0.15, 0.2) is 47.3 Å². The number of benzene rings is 1. The fourth-order valence-corrected chi connectivity index (χ4v) is 4.37. The van der Waals surface area contributed by atoms with Crippen LogP contribution in [0.2, 0.25) is 0 Å². The van der Waals surface area contributed by atoms with Crippen molar-refractivity contribution in [2.75, 3.05) is 11.1 Å². The Hall–Kier alpha value is -3.39. The first-order chi connectivity index (χ1) is 14.3. The standard InChI is InChI=1S/C22H23N5O2S/c1-12(2)11-14-9-10-16-17(23)19(30-21(16)24-14)20(28)25-18-13(3)26-27(22(18)29)15-7-5-4-6-8-15/h4-10,12,26H,11,23H2,1-3H3,(H,25,28). The summed E-state index contributed by atoms with van der Waals surface area (Å²) in [7, 11) is 0. The van der Waals surface area contributed by atoms with Gasteiger partial charge in [0.15, 0.2) is 0 Å². The zero-order chi connectivity index (χ0) is 21.4. The van der Waals surface area contributed by atoms with Crippen LogP contribution in [0.3, 0.4) is 0 Å². The van der Waals surface area contributed by atoms with Gasteiger partial charge in [-0.05, 0) is 43.5 Å². The lowest BCUT2D eigenvalue weighted by molar-refractivity contribution is 0.103. The van der Waals surface area contributed by atoms with Crippen molar-refractivity contribution in [1.82, 2.24) is 14.8 Å². The lowest BCUT2D eigenvalue weighted by Gasteiger charge is -2.03. The second-order valence-corrected chi connectivity index (χ2v) is 8.64. The maximum absolute atomic E-state index is 12.9. The summed E-state index contributed by atoms with van der Waals surface area (Å²) in [4.78, 5) is 31.5. The highest BCUT2D eigenvalue weighted by molar-refractivity contribution is 7.21. The molecule has 1 aromatic carbocycles. The summed E-state index contributed by atoms with van der Waals surface area (Å²) >= 11 is 1.24. The van der Waals surface area contributed by atoms with E-state index in [0.29, 0.717) is 27.9 Å². The number of pyridine rings is 1. The molecule has 0 saturated carbocycles. The molecule has 154 valence electrons. The van der Waals surface area contributed by atoms with Gasteiger partial charge in [-0.15, -0.1) is 11.3 Å². The van der Waals surface area contributed by atoms with Gasteiger partial charge in [0.2, 0.25) is 0 Å². The zero-order valence-electron chi connectivity index (χ0n) is 17.0. The van der Waals surface area contributed by atoms with Crippen LogP contribution in [0.4, 0.5) is 11.4 Å². The summed E-state index contributed by atoms with van der Waals surface area (Å²) in [6, 6.07) is 13.0. The number of H-pyrrole nitrogens is 1. The van der Waals surface area contributed by atoms with Crippen LogP contribution < -0.4 is 16.6 Å². The highest BCUT2D eigenvalue weighted by Gasteiger charge is 2.21. The molecule has 3 aromatic heterocycles. The molecule has 0 radical (unpaired) electrons. The summed E-state index contributed by atoms with van der Waals surface area (Å²) in [5.74, 6) is 0.0682. The van der Waals surface area contributed by atoms with E-state index in [0.717, 1.165) is 22.3 Å². The molecule has 30 heavy (non-hydrogen) atoms. The van der Waals surface area contributed by atoms with Crippen molar-refractivity contribution < 1.29 is 4.79 Å². The third kappa shape index (κ3) is 3.61. The predicted octanol–water partition coefficient (Wildman–Crippen LogP) is 4.12. The van der Waals surface area contributed by atoms with E-state index >= 15 is 0 Å². The van der Waals surface area contributed by atoms with Crippen molar-refractivity contribution in [3.8, 4) is 5.69 Å². The molecule has 0 fully saturated rings. The number of aromatic amines is 1. The number of rotatable bonds is 5. The Bertz CT molecular complexity index is 1280. The SMILES string of the molecule is Cc1[nH]n(-c2ccccc2)c(=O)c1NC(=O)c1sc2nc(CC(C)C)ccc2c1N. The summed E-state index contributed by atoms with van der Waals surface area (Å²) in [6.45, 7) is 6.01. The molecule has 0 aliphatic carbocycles. The number of fused-ring (bicyclic) bond motifs is 1. The molecule has 8 heteroatoms. The van der Waals surface area contributed by atoms with Gasteiger partial charge >= 0.3 is 0 Å². The number of carbonyl (C=O) groups is 1. The van der Waals surface area contributed by atoms with E-state index in [2.05, 4.69) is 29.2 Å². The fourth-order valence-electron chi connectivity index (χ4n) is 3.36. The van der Waals surface area contributed by atoms with Crippen LogP contribution in [0.25, 0.3) is 15.9 Å². The number of nitrogens with zero attached hydrogens (tertiary/aromatic N) is 2. The third-order valence-electron chi connectivity index (χ3n) is 4.80. The Kier molecular flexibility index (Phi) is 5.17. The largest absolute Gasteiger partial charge is 0.397 e. The lowest BCUT2D eigenvalue weighted by atomic mass is 10.1. The average molecular weight is 422 g/mol. The first-order valence-corrected chi connectivity index (χ1v) is 10.5. The number of carbonyl (C=O) groups excluding carboxylic acids is 1. The fraction of sp³-hybridized carbons (Fsp3) is 0.227. The van der Waals surface area contributed by atoms with Gasteiger partial charge in [0.05, 0.1) is 17.1 Å². The van der Waals surface area contributed by atoms with Gasteiger partial charge < -0.3 is 11.1 Å². The van der Waals surface area contributed by atoms with Gasteiger partial charge in [0, 0.05) is 11.1 Å². The van der Waals surface area contributed by atoms with E-state index in [1.54, 1.807) is 6.92 Å². The third-order valence-corrected chi connectivity index (χ3v) is 5.91. The molecule has 0 aliphatic heterocycles. The van der Waals surface area contributed by atoms with Gasteiger partial charge in [0.25, 0.3) is 11.5 Å². The number of nitrogens with one attached hydrogen (secondary N) is 2. The number of nitrogen functional groups attached to an aromatic ring is 1. The van der Waals surface area contributed by atoms with Crippen LogP contribution in [-0.4, -0.2) is 20.7 Å². The van der Waals surface area contributed by atoms with E-state index < -0.39 is 5.91 Å². The molecule has 0 saturated heterocycles. The first-order valence-electron chi connectivity index (χ1n) is 9.71. The highest BCUT2D eigenvalue weighted by atomic mass is 32.1. The van der Waals surface area contributed by atoms with Crippen molar-refractivity contribution in [1.29, 1.82) is 0 Å². The first kappa shape index (κ1) is 19.9. The van der Waals surface area contributed by atoms with Crippen LogP contribution in [0.1, 0.15) is 34.9 Å². The maximum atomic E-state index is 12.9. The highest BCUT2D eigenvalue weighted by Crippen LogP contribution is 2.33. The number of nitrogens with two attached hydrogens (primary N) is 1. The van der Waals surface area contributed by atoms with E-state index in [-0.39, 0.29) is 11.2 Å². The van der Waals surface area contributed by atoms with Crippen LogP contribution in [-0.2, 0) is 6.42 Å². The van der Waals surface area contributed by atoms with Crippen LogP contribution in [0.5, 0.6) is 0 Å². The van der Waals surface area contributed by atoms with Gasteiger partial charge in [-0.1, -0.05) is 32.0 Å². The van der Waals surface area contributed by atoms with Gasteiger partial charge in [-0.2, -0.15) is 0 Å². The molecule has 0 atom stereocenters. The van der Waals surface area contributed by atoms with Crippen molar-refractivity contribution in [2.24, 2.45) is 5.92 Å². The molecular formula is C22H23N5O2S. The Morgan fingerprint density at radius 3 is 2.67 bits per heavy atom. The van der Waals surface area contributed by atoms with Crippen molar-refractivity contribution in [2.45, 2.75) is 27.2 Å². The number of thiophene rings is 1. The van der Waals surface area contributed by atoms with E-state index in [9.17, 15) is 9.59 Å². The monoisotopic (exact) mass is 421 g/mol. The molecule has 0 unspecified atom stereocenters. The molecular weight excluding hydrogens is 398 g/mol. The quantitative estimate of drug-likeness (QED) is 0.451. The number of hydrogen-bond donors (Lipinski definition) is 3. The Balaban J connectivity index is 1.66. The molecule has 1 amide bonds. The smallest absolute Gasteiger partial charge is 0.295 e. The van der Waals surface area contributed by atoms with E-state index in [1.807, 2.05) is 42.5 Å². The number of hydrogen-bond acceptors (Lipinski definition) is 5. The number of aromatic nitrogens is 3. The van der Waals surface area contributed by atoms with E-state index in [4.69, 9.17) is 5.73 Å². The number of anilines is 2. The van der Waals surface area contributed by atoms with Crippen molar-refractivity contribution in [3.05, 3.63) is 69.1 Å². The average Bonchev–Trinajstić information content (AvgIpc) is 3.19. The minimum absolute atomic E-state index is 0.203. The molecule has 4 N–H and O–H groups in total. The molecule has 0 spiro atoms. The van der Waals surface area contributed by atoms with Crippen molar-refractivity contribution in [3.63, 3.8) is 0 Å². The Morgan fingerprint density at radius 1 is 1.23 bits per heavy atom. The summed E-state index contributed by atoms with van der Waals surface area (Å²) in [6.07, 6.45) is 0.858. The molecule has 7 nitrogen and oxygen atoms in total. The zero-order valence-corrected chi connectivity index (χ0v) is 17.8. The van der Waals surface area contributed by atoms with Crippen LogP contribution >= 0.6 is 11.3 Å². The van der Waals surface area contributed by atoms with Gasteiger partial charge in [-0.3, -0.25) is 14.7 Å². The number of para-hydroxylation sites is 1. The second-order valence-electron chi connectivity index (χ2n) is 7.64. The summed E-state index contributed by atoms with van der Waals surface area (Å²) in [5, 5.41) is 6.49. The molecule has 3 heterocycles. The van der Waals surface area contributed by atoms with Gasteiger partial charge in [0.1, 0.15) is 15.4 Å². The maximum Gasteiger partial charge on any atom is 0.295 e.